The second-order valence-electron chi connectivity index (χ2n) is 7.48. The molecule has 7 nitrogen and oxygen atoms in total. The third-order valence-electron chi connectivity index (χ3n) is 5.47. The van der Waals surface area contributed by atoms with Gasteiger partial charge in [-0.25, -0.2) is 9.78 Å². The van der Waals surface area contributed by atoms with Crippen molar-refractivity contribution in [2.45, 2.75) is 6.04 Å². The number of pyridine rings is 1. The Morgan fingerprint density at radius 2 is 1.70 bits per heavy atom. The zero-order chi connectivity index (χ0) is 22.8. The number of fused-ring (bicyclic) bond motifs is 2. The van der Waals surface area contributed by atoms with E-state index in [2.05, 4.69) is 5.32 Å². The number of amides is 1. The molecule has 0 saturated carbocycles. The number of para-hydroxylation sites is 1. The van der Waals surface area contributed by atoms with Crippen molar-refractivity contribution in [1.82, 2.24) is 10.3 Å². The van der Waals surface area contributed by atoms with E-state index in [1.54, 1.807) is 30.3 Å². The van der Waals surface area contributed by atoms with Crippen molar-refractivity contribution in [1.29, 1.82) is 0 Å². The highest BCUT2D eigenvalue weighted by Gasteiger charge is 2.25. The van der Waals surface area contributed by atoms with Gasteiger partial charge in [-0.2, -0.15) is 0 Å². The number of hydrogen-bond donors (Lipinski definition) is 1. The lowest BCUT2D eigenvalue weighted by atomic mass is 10.0. The fraction of sp³-hybridized carbons (Fsp3) is 0.115. The average Bonchev–Trinajstić information content (AvgIpc) is 3.34. The van der Waals surface area contributed by atoms with Crippen LogP contribution in [0.5, 0.6) is 11.5 Å². The molecule has 5 rings (SSSR count). The minimum Gasteiger partial charge on any atom is -0.467 e. The maximum atomic E-state index is 13.4. The minimum atomic E-state index is -0.940. The number of nitrogens with zero attached hydrogens (tertiary/aromatic N) is 1. The van der Waals surface area contributed by atoms with Gasteiger partial charge in [0, 0.05) is 10.9 Å². The van der Waals surface area contributed by atoms with Crippen LogP contribution in [0.4, 0.5) is 0 Å². The largest absolute Gasteiger partial charge is 0.467 e. The molecule has 0 aliphatic carbocycles. The van der Waals surface area contributed by atoms with Gasteiger partial charge in [-0.15, -0.1) is 0 Å². The van der Waals surface area contributed by atoms with Gasteiger partial charge in [0.25, 0.3) is 5.91 Å². The third kappa shape index (κ3) is 3.96. The van der Waals surface area contributed by atoms with Gasteiger partial charge in [-0.3, -0.25) is 4.79 Å². The molecule has 0 spiro atoms. The van der Waals surface area contributed by atoms with E-state index >= 15 is 0 Å². The number of rotatable bonds is 5. The summed E-state index contributed by atoms with van der Waals surface area (Å²) >= 11 is 0. The number of aromatic nitrogens is 1. The fourth-order valence-corrected chi connectivity index (χ4v) is 3.82. The smallest absolute Gasteiger partial charge is 0.333 e. The first-order valence-electron chi connectivity index (χ1n) is 10.4. The molecule has 4 aromatic rings. The molecular weight excluding hydrogens is 420 g/mol. The van der Waals surface area contributed by atoms with Crippen molar-refractivity contribution in [2.24, 2.45) is 0 Å². The van der Waals surface area contributed by atoms with E-state index < -0.39 is 17.9 Å². The highest BCUT2D eigenvalue weighted by Crippen LogP contribution is 2.36. The quantitative estimate of drug-likeness (QED) is 0.467. The van der Waals surface area contributed by atoms with E-state index in [1.165, 1.54) is 7.11 Å². The number of nitrogens with one attached hydrogen (secondary N) is 1. The molecule has 7 heteroatoms. The molecule has 1 atom stereocenters. The molecule has 1 aliphatic heterocycles. The molecular formula is C26H20N2O5. The van der Waals surface area contributed by atoms with Gasteiger partial charge in [-0.05, 0) is 35.9 Å². The second kappa shape index (κ2) is 8.63. The molecule has 1 N–H and O–H groups in total. The van der Waals surface area contributed by atoms with Crippen molar-refractivity contribution < 1.29 is 23.8 Å². The van der Waals surface area contributed by atoms with Gasteiger partial charge in [0.15, 0.2) is 17.5 Å². The van der Waals surface area contributed by atoms with Crippen molar-refractivity contribution in [3.8, 4) is 22.8 Å². The number of methoxy groups -OCH3 is 1. The fourth-order valence-electron chi connectivity index (χ4n) is 3.82. The summed E-state index contributed by atoms with van der Waals surface area (Å²) in [6.45, 7) is 0.173. The van der Waals surface area contributed by atoms with Crippen LogP contribution in [0.2, 0.25) is 0 Å². The molecule has 1 aromatic heterocycles. The Kier molecular flexibility index (Phi) is 5.36. The number of esters is 1. The molecule has 1 unspecified atom stereocenters. The van der Waals surface area contributed by atoms with Crippen LogP contribution < -0.4 is 14.8 Å². The lowest BCUT2D eigenvalue weighted by molar-refractivity contribution is -0.143. The standard InChI is InChI=1S/C26H20N2O5/c1-31-26(30)24(16-7-3-2-4-8-16)28-25(29)19-14-21(27-20-10-6-5-9-18(19)20)17-11-12-22-23(13-17)33-15-32-22/h2-14,24H,15H2,1H3,(H,28,29). The Morgan fingerprint density at radius 3 is 2.52 bits per heavy atom. The Hall–Kier alpha value is -4.39. The van der Waals surface area contributed by atoms with Crippen LogP contribution in [0.15, 0.2) is 78.9 Å². The highest BCUT2D eigenvalue weighted by atomic mass is 16.7. The van der Waals surface area contributed by atoms with E-state index in [9.17, 15) is 9.59 Å². The minimum absolute atomic E-state index is 0.173. The first-order valence-corrected chi connectivity index (χ1v) is 10.4. The van der Waals surface area contributed by atoms with E-state index in [1.807, 2.05) is 48.5 Å². The van der Waals surface area contributed by atoms with Gasteiger partial charge in [0.05, 0.1) is 23.9 Å². The topological polar surface area (TPSA) is 86.8 Å². The maximum Gasteiger partial charge on any atom is 0.333 e. The zero-order valence-corrected chi connectivity index (χ0v) is 17.8. The first-order chi connectivity index (χ1) is 16.1. The monoisotopic (exact) mass is 440 g/mol. The summed E-state index contributed by atoms with van der Waals surface area (Å²) in [5.41, 5.74) is 3.08. The molecule has 164 valence electrons. The maximum absolute atomic E-state index is 13.4. The van der Waals surface area contributed by atoms with Gasteiger partial charge in [0.1, 0.15) is 0 Å². The summed E-state index contributed by atoms with van der Waals surface area (Å²) in [4.78, 5) is 30.6. The molecule has 2 heterocycles. The predicted octanol–water partition coefficient (Wildman–Crippen LogP) is 4.27. The van der Waals surface area contributed by atoms with Crippen LogP contribution in [0.25, 0.3) is 22.2 Å². The second-order valence-corrected chi connectivity index (χ2v) is 7.48. The molecule has 3 aromatic carbocycles. The molecule has 0 bridgehead atoms. The Bertz CT molecular complexity index is 1350. The van der Waals surface area contributed by atoms with Crippen LogP contribution in [-0.4, -0.2) is 30.8 Å². The average molecular weight is 440 g/mol. The van der Waals surface area contributed by atoms with Gasteiger partial charge < -0.3 is 19.5 Å². The molecule has 1 amide bonds. The van der Waals surface area contributed by atoms with Gasteiger partial charge in [-0.1, -0.05) is 48.5 Å². The van der Waals surface area contributed by atoms with Crippen molar-refractivity contribution in [2.75, 3.05) is 13.9 Å². The molecule has 0 fully saturated rings. The van der Waals surface area contributed by atoms with E-state index in [0.717, 1.165) is 5.56 Å². The summed E-state index contributed by atoms with van der Waals surface area (Å²) in [7, 11) is 1.30. The lowest BCUT2D eigenvalue weighted by Crippen LogP contribution is -2.34. The zero-order valence-electron chi connectivity index (χ0n) is 17.8. The van der Waals surface area contributed by atoms with E-state index in [-0.39, 0.29) is 6.79 Å². The Balaban J connectivity index is 1.56. The SMILES string of the molecule is COC(=O)C(NC(=O)c1cc(-c2ccc3c(c2)OCO3)nc2ccccc12)c1ccccc1. The van der Waals surface area contributed by atoms with Crippen LogP contribution in [0.3, 0.4) is 0 Å². The molecule has 0 radical (unpaired) electrons. The predicted molar refractivity (Wildman–Crippen MR) is 122 cm³/mol. The number of ether oxygens (including phenoxy) is 3. The number of carbonyl (C=O) groups is 2. The Morgan fingerprint density at radius 1 is 0.939 bits per heavy atom. The highest BCUT2D eigenvalue weighted by molar-refractivity contribution is 6.08. The van der Waals surface area contributed by atoms with Crippen molar-refractivity contribution in [3.63, 3.8) is 0 Å². The molecule has 0 saturated heterocycles. The van der Waals surface area contributed by atoms with Crippen molar-refractivity contribution in [3.05, 3.63) is 90.0 Å². The lowest BCUT2D eigenvalue weighted by Gasteiger charge is -2.18. The number of benzene rings is 3. The number of carbonyl (C=O) groups excluding carboxylic acids is 2. The first kappa shape index (κ1) is 20.5. The normalized spacial score (nSPS) is 12.9. The van der Waals surface area contributed by atoms with Crippen LogP contribution in [0.1, 0.15) is 22.0 Å². The van der Waals surface area contributed by atoms with E-state index in [4.69, 9.17) is 19.2 Å². The molecule has 1 aliphatic rings. The summed E-state index contributed by atoms with van der Waals surface area (Å²) in [5, 5.41) is 3.50. The molecule has 33 heavy (non-hydrogen) atoms. The van der Waals surface area contributed by atoms with Crippen LogP contribution in [-0.2, 0) is 9.53 Å². The van der Waals surface area contributed by atoms with Gasteiger partial charge in [0.2, 0.25) is 6.79 Å². The summed E-state index contributed by atoms with van der Waals surface area (Å²) in [6.07, 6.45) is 0. The number of hydrogen-bond acceptors (Lipinski definition) is 6. The van der Waals surface area contributed by atoms with Crippen LogP contribution >= 0.6 is 0 Å². The van der Waals surface area contributed by atoms with Gasteiger partial charge >= 0.3 is 5.97 Å². The summed E-state index contributed by atoms with van der Waals surface area (Å²) < 4.78 is 15.8. The van der Waals surface area contributed by atoms with E-state index in [0.29, 0.717) is 39.2 Å². The van der Waals surface area contributed by atoms with Crippen LogP contribution in [0, 0.1) is 0 Å². The summed E-state index contributed by atoms with van der Waals surface area (Å²) in [6, 6.07) is 22.7. The Labute approximate surface area is 189 Å². The third-order valence-corrected chi connectivity index (χ3v) is 5.47. The summed E-state index contributed by atoms with van der Waals surface area (Å²) in [5.74, 6) is 0.336. The van der Waals surface area contributed by atoms with Crippen molar-refractivity contribution >= 4 is 22.8 Å².